The molecule has 0 N–H and O–H groups in total. The minimum atomic E-state index is -2.09. The zero-order chi connectivity index (χ0) is 23.2. The van der Waals surface area contributed by atoms with Crippen LogP contribution in [-0.4, -0.2) is 37.5 Å². The van der Waals surface area contributed by atoms with Crippen LogP contribution in [0.2, 0.25) is 18.1 Å². The van der Waals surface area contributed by atoms with Gasteiger partial charge in [0.25, 0.3) is 0 Å². The molecule has 0 aliphatic heterocycles. The van der Waals surface area contributed by atoms with Crippen LogP contribution in [-0.2, 0) is 9.16 Å². The first-order valence-electron chi connectivity index (χ1n) is 10.9. The molecule has 30 heavy (non-hydrogen) atoms. The van der Waals surface area contributed by atoms with Crippen molar-refractivity contribution >= 4 is 14.4 Å². The van der Waals surface area contributed by atoms with E-state index in [1.807, 2.05) is 45.9 Å². The summed E-state index contributed by atoms with van der Waals surface area (Å²) in [6.45, 7) is 19.4. The first-order chi connectivity index (χ1) is 13.7. The maximum Gasteiger partial charge on any atom is 0.410 e. The van der Waals surface area contributed by atoms with Gasteiger partial charge in [-0.05, 0) is 57.8 Å². The lowest BCUT2D eigenvalue weighted by molar-refractivity contribution is -0.000644. The predicted octanol–water partition coefficient (Wildman–Crippen LogP) is 6.79. The van der Waals surface area contributed by atoms with Crippen LogP contribution in [0.15, 0.2) is 30.3 Å². The van der Waals surface area contributed by atoms with Crippen molar-refractivity contribution in [3.05, 3.63) is 35.9 Å². The van der Waals surface area contributed by atoms with Gasteiger partial charge in [0.05, 0.1) is 12.1 Å². The molecule has 0 saturated carbocycles. The molecule has 4 nitrogen and oxygen atoms in total. The Morgan fingerprint density at radius 1 is 1.13 bits per heavy atom. The Labute approximate surface area is 185 Å². The minimum Gasteiger partial charge on any atom is -0.444 e. The molecule has 1 aromatic carbocycles. The molecule has 5 heteroatoms. The third-order valence-electron chi connectivity index (χ3n) is 5.63. The molecule has 0 aromatic heterocycles. The predicted molar refractivity (Wildman–Crippen MR) is 128 cm³/mol. The third-order valence-corrected chi connectivity index (χ3v) is 10.1. The molecule has 168 valence electrons. The Hall–Kier alpha value is -1.77. The van der Waals surface area contributed by atoms with Crippen molar-refractivity contribution in [2.24, 2.45) is 0 Å². The summed E-state index contributed by atoms with van der Waals surface area (Å²) < 4.78 is 12.6. The van der Waals surface area contributed by atoms with Crippen molar-refractivity contribution in [1.29, 1.82) is 0 Å². The lowest BCUT2D eigenvalue weighted by Crippen LogP contribution is -2.49. The number of hydrogen-bond donors (Lipinski definition) is 0. The van der Waals surface area contributed by atoms with Gasteiger partial charge in [0.15, 0.2) is 8.32 Å². The summed E-state index contributed by atoms with van der Waals surface area (Å²) in [6, 6.07) is 9.97. The van der Waals surface area contributed by atoms with Crippen molar-refractivity contribution in [3.63, 3.8) is 0 Å². The Kier molecular flexibility index (Phi) is 9.19. The number of benzene rings is 1. The highest BCUT2D eigenvalue weighted by atomic mass is 28.4. The summed E-state index contributed by atoms with van der Waals surface area (Å²) in [5.41, 5.74) is 0.504. The van der Waals surface area contributed by atoms with Gasteiger partial charge in [-0.2, -0.15) is 0 Å². The van der Waals surface area contributed by atoms with Gasteiger partial charge in [-0.15, -0.1) is 12.3 Å². The minimum absolute atomic E-state index is 0.0555. The van der Waals surface area contributed by atoms with Crippen LogP contribution in [0.5, 0.6) is 0 Å². The highest BCUT2D eigenvalue weighted by Gasteiger charge is 2.42. The van der Waals surface area contributed by atoms with Gasteiger partial charge in [0.1, 0.15) is 5.60 Å². The van der Waals surface area contributed by atoms with Crippen molar-refractivity contribution in [2.45, 2.75) is 97.2 Å². The molecule has 1 rings (SSSR count). The molecule has 0 unspecified atom stereocenters. The van der Waals surface area contributed by atoms with Crippen molar-refractivity contribution in [2.75, 3.05) is 6.54 Å². The van der Waals surface area contributed by atoms with E-state index in [0.29, 0.717) is 13.0 Å². The molecule has 1 aromatic rings. The summed E-state index contributed by atoms with van der Waals surface area (Å²) in [4.78, 5) is 14.9. The second kappa shape index (κ2) is 10.5. The van der Waals surface area contributed by atoms with E-state index in [0.717, 1.165) is 12.0 Å². The molecule has 1 amide bonds. The van der Waals surface area contributed by atoms with Crippen LogP contribution in [0, 0.1) is 12.3 Å². The van der Waals surface area contributed by atoms with Gasteiger partial charge in [0.2, 0.25) is 0 Å². The van der Waals surface area contributed by atoms with Crippen molar-refractivity contribution < 1.29 is 14.0 Å². The lowest BCUT2D eigenvalue weighted by atomic mass is 10.0. The maximum absolute atomic E-state index is 13.1. The lowest BCUT2D eigenvalue weighted by Gasteiger charge is -2.43. The zero-order valence-corrected chi connectivity index (χ0v) is 21.4. The fraction of sp³-hybridized carbons (Fsp3) is 0.640. The Morgan fingerprint density at radius 3 is 2.17 bits per heavy atom. The van der Waals surface area contributed by atoms with Crippen LogP contribution in [0.3, 0.4) is 0 Å². The summed E-state index contributed by atoms with van der Waals surface area (Å²) in [7, 11) is -2.09. The molecule has 0 bridgehead atoms. The van der Waals surface area contributed by atoms with E-state index >= 15 is 0 Å². The van der Waals surface area contributed by atoms with Gasteiger partial charge < -0.3 is 14.1 Å². The van der Waals surface area contributed by atoms with Gasteiger partial charge in [-0.3, -0.25) is 0 Å². The fourth-order valence-electron chi connectivity index (χ4n) is 2.88. The third kappa shape index (κ3) is 7.81. The topological polar surface area (TPSA) is 38.8 Å². The Morgan fingerprint density at radius 2 is 1.70 bits per heavy atom. The number of ether oxygens (including phenoxy) is 1. The highest BCUT2D eigenvalue weighted by Crippen LogP contribution is 2.41. The number of nitrogens with zero attached hydrogens (tertiary/aromatic N) is 1. The molecule has 0 fully saturated rings. The first kappa shape index (κ1) is 26.3. The van der Waals surface area contributed by atoms with Crippen molar-refractivity contribution in [3.8, 4) is 12.3 Å². The molecule has 0 radical (unpaired) electrons. The summed E-state index contributed by atoms with van der Waals surface area (Å²) in [6.07, 6.45) is 6.21. The number of rotatable bonds is 8. The average Bonchev–Trinajstić information content (AvgIpc) is 2.61. The molecular weight excluding hydrogens is 390 g/mol. The standard InChI is InChI=1S/C25H41NO3Si/c1-11-12-16-19-26(23(27)28-24(3,4)5)20(2)22(21-17-14-13-15-18-21)29-30(9,10)25(6,7)8/h1,13-15,17-18,20,22H,12,16,19H2,2-10H3/t20-,22-/m0/s1. The van der Waals surface area contributed by atoms with Crippen molar-refractivity contribution in [1.82, 2.24) is 4.90 Å². The van der Waals surface area contributed by atoms with Crippen LogP contribution < -0.4 is 0 Å². The molecule has 2 atom stereocenters. The van der Waals surface area contributed by atoms with E-state index in [2.05, 4.69) is 51.9 Å². The maximum atomic E-state index is 13.1. The molecule has 0 aliphatic rings. The van der Waals surface area contributed by atoms with Crippen LogP contribution in [0.25, 0.3) is 0 Å². The number of unbranched alkanes of at least 4 members (excludes halogenated alkanes) is 1. The van der Waals surface area contributed by atoms with Gasteiger partial charge in [-0.1, -0.05) is 51.1 Å². The highest BCUT2D eigenvalue weighted by molar-refractivity contribution is 6.74. The number of carbonyl (C=O) groups is 1. The Balaban J connectivity index is 3.31. The number of amides is 1. The first-order valence-corrected chi connectivity index (χ1v) is 13.8. The van der Waals surface area contributed by atoms with Crippen LogP contribution in [0.4, 0.5) is 4.79 Å². The second-order valence-corrected chi connectivity index (χ2v) is 15.2. The van der Waals surface area contributed by atoms with Gasteiger partial charge in [-0.25, -0.2) is 4.79 Å². The summed E-state index contributed by atoms with van der Waals surface area (Å²) >= 11 is 0. The van der Waals surface area contributed by atoms with E-state index in [1.165, 1.54) is 0 Å². The molecule has 0 aliphatic carbocycles. The monoisotopic (exact) mass is 431 g/mol. The fourth-order valence-corrected chi connectivity index (χ4v) is 4.20. The zero-order valence-electron chi connectivity index (χ0n) is 20.4. The van der Waals surface area contributed by atoms with Crippen LogP contribution >= 0.6 is 0 Å². The average molecular weight is 432 g/mol. The molecular formula is C25H41NO3Si. The SMILES string of the molecule is C#CCCCN(C(=O)OC(C)(C)C)[C@@H](C)[C@H](O[Si](C)(C)C(C)(C)C)c1ccccc1. The van der Waals surface area contributed by atoms with E-state index in [-0.39, 0.29) is 23.3 Å². The molecule has 0 spiro atoms. The summed E-state index contributed by atoms with van der Waals surface area (Å²) in [5, 5.41) is 0.0555. The van der Waals surface area contributed by atoms with E-state index < -0.39 is 13.9 Å². The van der Waals surface area contributed by atoms with E-state index in [1.54, 1.807) is 4.90 Å². The van der Waals surface area contributed by atoms with E-state index in [9.17, 15) is 4.79 Å². The number of carbonyl (C=O) groups excluding carboxylic acids is 1. The molecule has 0 saturated heterocycles. The smallest absolute Gasteiger partial charge is 0.410 e. The quantitative estimate of drug-likeness (QED) is 0.258. The van der Waals surface area contributed by atoms with Crippen LogP contribution in [0.1, 0.15) is 73.0 Å². The largest absolute Gasteiger partial charge is 0.444 e. The normalized spacial score (nSPS) is 14.5. The second-order valence-electron chi connectivity index (χ2n) is 10.4. The molecule has 0 heterocycles. The Bertz CT molecular complexity index is 711. The number of terminal acetylenes is 1. The number of hydrogen-bond acceptors (Lipinski definition) is 3. The van der Waals surface area contributed by atoms with E-state index in [4.69, 9.17) is 15.6 Å². The van der Waals surface area contributed by atoms with Gasteiger partial charge >= 0.3 is 6.09 Å². The van der Waals surface area contributed by atoms with Gasteiger partial charge in [0, 0.05) is 13.0 Å². The summed E-state index contributed by atoms with van der Waals surface area (Å²) in [5.74, 6) is 2.67.